The molecule has 0 aromatic carbocycles. The van der Waals surface area contributed by atoms with Crippen LogP contribution in [0.1, 0.15) is 167 Å². The maximum Gasteiger partial charge on any atom is 0.326 e. The van der Waals surface area contributed by atoms with Crippen molar-refractivity contribution in [2.75, 3.05) is 26.2 Å². The molecule has 16 N–H and O–H groups in total. The number of hydrogen-bond acceptors (Lipinski definition) is 13. The molecule has 27 heteroatoms. The van der Waals surface area contributed by atoms with Crippen LogP contribution in [-0.4, -0.2) is 158 Å². The van der Waals surface area contributed by atoms with Crippen LogP contribution >= 0.6 is 0 Å². The van der Waals surface area contributed by atoms with Crippen molar-refractivity contribution in [2.24, 2.45) is 22.0 Å². The molecule has 0 radical (unpaired) electrons. The number of nitrogens with one attached hydrogen (secondary N) is 8. The zero-order chi connectivity index (χ0) is 57.4. The number of carboxylic acids is 6. The number of rotatable bonds is 39. The van der Waals surface area contributed by atoms with Gasteiger partial charge in [-0.25, -0.2) is 28.8 Å². The van der Waals surface area contributed by atoms with E-state index >= 15 is 0 Å². The summed E-state index contributed by atoms with van der Waals surface area (Å²) in [6, 6.07) is -8.10. The molecular weight excluding hydrogens is 1010 g/mol. The van der Waals surface area contributed by atoms with E-state index in [1.807, 2.05) is 6.92 Å². The van der Waals surface area contributed by atoms with Crippen LogP contribution in [0.3, 0.4) is 0 Å². The van der Waals surface area contributed by atoms with Crippen LogP contribution in [0.2, 0.25) is 0 Å². The molecule has 0 aromatic heterocycles. The summed E-state index contributed by atoms with van der Waals surface area (Å²) in [5.41, 5.74) is 3.72. The molecule has 6 atom stereocenters. The van der Waals surface area contributed by atoms with Gasteiger partial charge in [-0.15, -0.1) is 0 Å². The Morgan fingerprint density at radius 3 is 1.09 bits per heavy atom. The van der Waals surface area contributed by atoms with Crippen LogP contribution in [0.25, 0.3) is 0 Å². The minimum atomic E-state index is -1.56. The quantitative estimate of drug-likeness (QED) is 0.0388. The second-order valence-corrected chi connectivity index (χ2v) is 21.4. The van der Waals surface area contributed by atoms with Crippen molar-refractivity contribution in [3.8, 4) is 0 Å². The minimum Gasteiger partial charge on any atom is -0.481 e. The molecule has 4 fully saturated rings. The van der Waals surface area contributed by atoms with E-state index < -0.39 is 120 Å². The molecule has 0 aliphatic heterocycles. The van der Waals surface area contributed by atoms with Gasteiger partial charge in [0.05, 0.1) is 0 Å². The van der Waals surface area contributed by atoms with Gasteiger partial charge in [-0.3, -0.25) is 28.8 Å². The van der Waals surface area contributed by atoms with E-state index in [9.17, 15) is 78.0 Å². The molecule has 6 unspecified atom stereocenters. The van der Waals surface area contributed by atoms with E-state index in [1.54, 1.807) is 0 Å². The number of unbranched alkanes of at least 4 members (excludes halogenated alkanes) is 3. The predicted molar refractivity (Wildman–Crippen MR) is 272 cm³/mol. The third-order valence-electron chi connectivity index (χ3n) is 14.9. The first-order valence-electron chi connectivity index (χ1n) is 26.6. The third kappa shape index (κ3) is 22.4. The molecular formula is C50H81N9O18. The first-order valence-corrected chi connectivity index (χ1v) is 26.6. The number of aliphatic carboxylic acids is 6. The predicted octanol–water partition coefficient (Wildman–Crippen LogP) is 1.50. The molecule has 27 nitrogen and oxygen atoms in total. The van der Waals surface area contributed by atoms with E-state index in [0.717, 1.165) is 0 Å². The van der Waals surface area contributed by atoms with Crippen molar-refractivity contribution in [1.82, 2.24) is 42.5 Å². The van der Waals surface area contributed by atoms with Gasteiger partial charge in [0.2, 0.25) is 23.6 Å². The summed E-state index contributed by atoms with van der Waals surface area (Å²) in [4.78, 5) is 147. The van der Waals surface area contributed by atoms with Gasteiger partial charge in [-0.2, -0.15) is 0 Å². The molecule has 4 saturated carbocycles. The lowest BCUT2D eigenvalue weighted by molar-refractivity contribution is -0.190. The lowest BCUT2D eigenvalue weighted by atomic mass is 9.35. The first-order chi connectivity index (χ1) is 36.3. The van der Waals surface area contributed by atoms with Crippen LogP contribution < -0.4 is 48.3 Å². The largest absolute Gasteiger partial charge is 0.481 e. The zero-order valence-electron chi connectivity index (χ0n) is 44.0. The van der Waals surface area contributed by atoms with Gasteiger partial charge in [-0.05, 0) is 152 Å². The monoisotopic (exact) mass is 1100 g/mol. The van der Waals surface area contributed by atoms with Crippen LogP contribution in [0.5, 0.6) is 0 Å². The SMILES string of the molecule is CCNC(=O)CCC12CC3(CCC(=O)NCCCCC(NC(=O)NC(CCC(=O)O)C(=O)O)C(=O)O)CC(CCC(=O)NCCCCC(NC(=O)NC(CCC(=O)O)C(=O)O)C(=O)O)(C1)CC(NC(=O)CCCCN)(C2)C3. The first kappa shape index (κ1) is 64.5. The smallest absolute Gasteiger partial charge is 0.326 e. The molecule has 0 saturated heterocycles. The number of carboxylic acid groups (broad SMARTS) is 6. The Kier molecular flexibility index (Phi) is 25.8. The number of urea groups is 2. The summed E-state index contributed by atoms with van der Waals surface area (Å²) in [7, 11) is 0. The van der Waals surface area contributed by atoms with Crippen LogP contribution in [0.4, 0.5) is 9.59 Å². The molecule has 77 heavy (non-hydrogen) atoms. The summed E-state index contributed by atoms with van der Waals surface area (Å²) in [6.45, 7) is 3.08. The Labute approximate surface area is 446 Å². The topological polar surface area (TPSA) is 448 Å². The number of carbonyl (C=O) groups excluding carboxylic acids is 6. The third-order valence-corrected chi connectivity index (χ3v) is 14.9. The molecule has 8 amide bonds. The fourth-order valence-electron chi connectivity index (χ4n) is 12.3. The highest BCUT2D eigenvalue weighted by atomic mass is 16.4. The Morgan fingerprint density at radius 1 is 0.416 bits per heavy atom. The Morgan fingerprint density at radius 2 is 0.766 bits per heavy atom. The highest BCUT2D eigenvalue weighted by Gasteiger charge is 2.67. The van der Waals surface area contributed by atoms with Crippen molar-refractivity contribution < 1.29 is 88.2 Å². The van der Waals surface area contributed by atoms with Gasteiger partial charge >= 0.3 is 47.9 Å². The van der Waals surface area contributed by atoms with Crippen molar-refractivity contribution in [2.45, 2.75) is 197 Å². The van der Waals surface area contributed by atoms with Crippen molar-refractivity contribution in [3.05, 3.63) is 0 Å². The van der Waals surface area contributed by atoms with E-state index in [2.05, 4.69) is 42.5 Å². The highest BCUT2D eigenvalue weighted by molar-refractivity contribution is 5.87. The lowest BCUT2D eigenvalue weighted by Gasteiger charge is -2.71. The second kappa shape index (κ2) is 30.8. The van der Waals surface area contributed by atoms with Crippen LogP contribution in [-0.2, 0) is 47.9 Å². The lowest BCUT2D eigenvalue weighted by Crippen LogP contribution is -2.69. The summed E-state index contributed by atoms with van der Waals surface area (Å²) in [6.07, 6.45) is 6.48. The standard InChI is InChI=1S/C50H81N9O18/c1-2-52-35(60)16-19-47-25-48(20-17-36(61)53-23-7-4-9-31(41(68)69)55-45(76)57-33(43(72)73)12-14-39(64)65)27-49(26-47,30-50(28-47,29-48)59-38(63)11-3-6-22-51)21-18-37(62)54-24-8-5-10-32(42(70)71)56-46(77)58-34(44(74)75)13-15-40(66)67/h31-34H,2-30,51H2,1H3,(H,52,60)(H,53,61)(H,54,62)(H,59,63)(H,64,65)(H,66,67)(H,68,69)(H,70,71)(H,72,73)(H,74,75)(H2,55,57,76)(H2,56,58,77). The molecule has 434 valence electrons. The minimum absolute atomic E-state index is 0.0562. The molecule has 0 aromatic rings. The summed E-state index contributed by atoms with van der Waals surface area (Å²) in [5, 5.41) is 76.5. The summed E-state index contributed by atoms with van der Waals surface area (Å²) >= 11 is 0. The highest BCUT2D eigenvalue weighted by Crippen LogP contribution is 2.74. The number of nitrogens with two attached hydrogens (primary N) is 1. The maximum absolute atomic E-state index is 13.7. The number of carbonyl (C=O) groups is 12. The Balaban J connectivity index is 1.69. The van der Waals surface area contributed by atoms with Crippen molar-refractivity contribution in [3.63, 3.8) is 0 Å². The van der Waals surface area contributed by atoms with Crippen LogP contribution in [0.15, 0.2) is 0 Å². The maximum atomic E-state index is 13.7. The van der Waals surface area contributed by atoms with E-state index in [4.69, 9.17) is 15.9 Å². The number of amides is 8. The van der Waals surface area contributed by atoms with Gasteiger partial charge in [-0.1, -0.05) is 0 Å². The molecule has 4 bridgehead atoms. The molecule has 4 aliphatic carbocycles. The molecule has 0 heterocycles. The van der Waals surface area contributed by atoms with E-state index in [0.29, 0.717) is 96.6 Å². The van der Waals surface area contributed by atoms with Crippen molar-refractivity contribution in [1.29, 1.82) is 0 Å². The second-order valence-electron chi connectivity index (χ2n) is 21.4. The van der Waals surface area contributed by atoms with Gasteiger partial charge in [0.15, 0.2) is 0 Å². The van der Waals surface area contributed by atoms with E-state index in [-0.39, 0.29) is 88.1 Å². The average Bonchev–Trinajstić information content (AvgIpc) is 3.35. The van der Waals surface area contributed by atoms with Gasteiger partial charge in [0, 0.05) is 63.7 Å². The molecule has 0 spiro atoms. The summed E-state index contributed by atoms with van der Waals surface area (Å²) in [5.74, 6) is -9.01. The number of hydrogen-bond donors (Lipinski definition) is 15. The normalized spacial score (nSPS) is 22.4. The summed E-state index contributed by atoms with van der Waals surface area (Å²) < 4.78 is 0. The van der Waals surface area contributed by atoms with E-state index in [1.165, 1.54) is 0 Å². The zero-order valence-corrected chi connectivity index (χ0v) is 44.0. The molecule has 4 aliphatic rings. The van der Waals surface area contributed by atoms with Gasteiger partial charge in [0.25, 0.3) is 0 Å². The fraction of sp³-hybridized carbons (Fsp3) is 0.760. The average molecular weight is 1100 g/mol. The fourth-order valence-corrected chi connectivity index (χ4v) is 12.3. The van der Waals surface area contributed by atoms with Gasteiger partial charge < -0.3 is 78.9 Å². The Bertz CT molecular complexity index is 2010. The molecule has 4 rings (SSSR count). The van der Waals surface area contributed by atoms with Crippen molar-refractivity contribution >= 4 is 71.5 Å². The Hall–Kier alpha value is -6.80. The van der Waals surface area contributed by atoms with Crippen LogP contribution in [0, 0.1) is 16.2 Å². The van der Waals surface area contributed by atoms with Gasteiger partial charge in [0.1, 0.15) is 24.2 Å².